The third-order valence-electron chi connectivity index (χ3n) is 4.31. The Balaban J connectivity index is 1.75. The van der Waals surface area contributed by atoms with Crippen molar-refractivity contribution in [2.75, 3.05) is 5.32 Å². The van der Waals surface area contributed by atoms with Crippen molar-refractivity contribution in [2.45, 2.75) is 0 Å². The van der Waals surface area contributed by atoms with Gasteiger partial charge >= 0.3 is 0 Å². The van der Waals surface area contributed by atoms with E-state index in [1.165, 1.54) is 12.3 Å². The van der Waals surface area contributed by atoms with Gasteiger partial charge in [-0.25, -0.2) is 9.50 Å². The average molecular weight is 393 g/mol. The summed E-state index contributed by atoms with van der Waals surface area (Å²) in [5.41, 5.74) is 4.20. The summed E-state index contributed by atoms with van der Waals surface area (Å²) >= 11 is 0. The van der Waals surface area contributed by atoms with E-state index in [0.29, 0.717) is 28.0 Å². The minimum absolute atomic E-state index is 0.333. The number of nitriles is 1. The zero-order valence-corrected chi connectivity index (χ0v) is 16.0. The van der Waals surface area contributed by atoms with E-state index in [0.717, 1.165) is 11.1 Å². The molecule has 0 aliphatic carbocycles. The van der Waals surface area contributed by atoms with Gasteiger partial charge in [0.2, 0.25) is 5.91 Å². The fraction of sp³-hybridized carbons (Fsp3) is 0.0455. The van der Waals surface area contributed by atoms with Crippen molar-refractivity contribution in [1.82, 2.24) is 24.4 Å². The first kappa shape index (κ1) is 18.7. The van der Waals surface area contributed by atoms with E-state index >= 15 is 0 Å². The van der Waals surface area contributed by atoms with Crippen LogP contribution >= 0.6 is 0 Å². The molecule has 1 amide bonds. The maximum atomic E-state index is 11.3. The highest BCUT2D eigenvalue weighted by molar-refractivity contribution is 5.98. The number of nitrogens with one attached hydrogen (secondary N) is 1. The molecule has 0 atom stereocenters. The number of hydrogen-bond acceptors (Lipinski definition) is 5. The number of nitrogens with zero attached hydrogens (tertiary/aromatic N) is 6. The predicted octanol–water partition coefficient (Wildman–Crippen LogP) is 2.53. The van der Waals surface area contributed by atoms with E-state index in [1.807, 2.05) is 25.5 Å². The molecule has 30 heavy (non-hydrogen) atoms. The van der Waals surface area contributed by atoms with Crippen LogP contribution in [0.25, 0.3) is 16.6 Å². The van der Waals surface area contributed by atoms with Gasteiger partial charge in [-0.3, -0.25) is 9.48 Å². The highest BCUT2D eigenvalue weighted by atomic mass is 16.1. The molecule has 8 nitrogen and oxygen atoms in total. The number of anilines is 1. The van der Waals surface area contributed by atoms with Crippen molar-refractivity contribution >= 4 is 17.2 Å². The Morgan fingerprint density at radius 3 is 2.67 bits per heavy atom. The molecule has 4 aromatic rings. The van der Waals surface area contributed by atoms with Crippen LogP contribution in [0.1, 0.15) is 16.7 Å². The van der Waals surface area contributed by atoms with E-state index in [2.05, 4.69) is 45.0 Å². The minimum Gasteiger partial charge on any atom is -0.307 e. The standard InChI is InChI=1S/C22H15N7O/c1-3-21(30)27-20-7-5-15(10-24-20)4-6-16-8-17(19-12-25-28(2)13-19)14-29-22(16)18(9-23)11-26-29/h3,5,7-8,10-14H,1H2,2H3,(H,24,27,30). The molecule has 0 aliphatic rings. The minimum atomic E-state index is -0.333. The quantitative estimate of drug-likeness (QED) is 0.426. The number of aryl methyl sites for hydroxylation is 1. The Bertz CT molecular complexity index is 1380. The van der Waals surface area contributed by atoms with E-state index in [9.17, 15) is 10.1 Å². The molecule has 0 fully saturated rings. The van der Waals surface area contributed by atoms with Crippen LogP contribution in [0, 0.1) is 23.2 Å². The van der Waals surface area contributed by atoms with Crippen LogP contribution in [0.15, 0.2) is 61.8 Å². The van der Waals surface area contributed by atoms with E-state index in [-0.39, 0.29) is 5.91 Å². The number of aromatic nitrogens is 5. The van der Waals surface area contributed by atoms with Crippen molar-refractivity contribution in [1.29, 1.82) is 5.26 Å². The normalized spacial score (nSPS) is 10.1. The van der Waals surface area contributed by atoms with Gasteiger partial charge < -0.3 is 5.32 Å². The molecule has 0 spiro atoms. The molecule has 8 heteroatoms. The first-order chi connectivity index (χ1) is 14.6. The first-order valence-electron chi connectivity index (χ1n) is 8.89. The Morgan fingerprint density at radius 2 is 2.00 bits per heavy atom. The van der Waals surface area contributed by atoms with E-state index < -0.39 is 0 Å². The van der Waals surface area contributed by atoms with Crippen molar-refractivity contribution < 1.29 is 4.79 Å². The van der Waals surface area contributed by atoms with Gasteiger partial charge in [0, 0.05) is 42.3 Å². The van der Waals surface area contributed by atoms with Gasteiger partial charge in [0.1, 0.15) is 11.9 Å². The molecule has 0 saturated carbocycles. The van der Waals surface area contributed by atoms with E-state index in [1.54, 1.807) is 33.7 Å². The Morgan fingerprint density at radius 1 is 1.13 bits per heavy atom. The molecule has 1 N–H and O–H groups in total. The highest BCUT2D eigenvalue weighted by Gasteiger charge is 2.11. The Kier molecular flexibility index (Phi) is 4.82. The zero-order valence-electron chi connectivity index (χ0n) is 16.0. The molecule has 0 bridgehead atoms. The first-order valence-corrected chi connectivity index (χ1v) is 8.89. The lowest BCUT2D eigenvalue weighted by molar-refractivity contribution is -0.111. The second-order valence-electron chi connectivity index (χ2n) is 6.38. The summed E-state index contributed by atoms with van der Waals surface area (Å²) < 4.78 is 3.37. The highest BCUT2D eigenvalue weighted by Crippen LogP contribution is 2.24. The van der Waals surface area contributed by atoms with Gasteiger partial charge in [-0.2, -0.15) is 15.5 Å². The summed E-state index contributed by atoms with van der Waals surface area (Å²) in [6.45, 7) is 3.40. The maximum absolute atomic E-state index is 11.3. The predicted molar refractivity (Wildman–Crippen MR) is 111 cm³/mol. The van der Waals surface area contributed by atoms with E-state index in [4.69, 9.17) is 0 Å². The molecule has 4 rings (SSSR count). The number of carbonyl (C=O) groups excluding carboxylic acids is 1. The Labute approximate surface area is 172 Å². The molecular weight excluding hydrogens is 378 g/mol. The Hall–Kier alpha value is -4.69. The summed E-state index contributed by atoms with van der Waals surface area (Å²) in [4.78, 5) is 15.5. The molecule has 4 heterocycles. The van der Waals surface area contributed by atoms with Gasteiger partial charge in [0.25, 0.3) is 0 Å². The molecule has 0 unspecified atom stereocenters. The number of rotatable bonds is 3. The fourth-order valence-electron chi connectivity index (χ4n) is 2.89. The lowest BCUT2D eigenvalue weighted by Gasteiger charge is -2.03. The molecule has 0 saturated heterocycles. The molecular formula is C22H15N7O. The van der Waals surface area contributed by atoms with Gasteiger partial charge in [0.05, 0.1) is 29.0 Å². The van der Waals surface area contributed by atoms with Gasteiger partial charge in [-0.15, -0.1) is 0 Å². The lowest BCUT2D eigenvalue weighted by Crippen LogP contribution is -2.08. The smallest absolute Gasteiger partial charge is 0.248 e. The van der Waals surface area contributed by atoms with Crippen LogP contribution < -0.4 is 5.32 Å². The SMILES string of the molecule is C=CC(=O)Nc1ccc(C#Cc2cc(-c3cnn(C)c3)cn3ncc(C#N)c23)cn1. The molecule has 4 aromatic heterocycles. The summed E-state index contributed by atoms with van der Waals surface area (Å²) in [5.74, 6) is 6.25. The van der Waals surface area contributed by atoms with Crippen LogP contribution in [-0.2, 0) is 11.8 Å². The summed E-state index contributed by atoms with van der Waals surface area (Å²) in [5, 5.41) is 20.5. The molecule has 0 aliphatic heterocycles. The largest absolute Gasteiger partial charge is 0.307 e. The van der Waals surface area contributed by atoms with Crippen LogP contribution in [0.2, 0.25) is 0 Å². The number of pyridine rings is 2. The second-order valence-corrected chi connectivity index (χ2v) is 6.38. The number of amides is 1. The van der Waals surface area contributed by atoms with Crippen LogP contribution in [0.3, 0.4) is 0 Å². The molecule has 0 aromatic carbocycles. The lowest BCUT2D eigenvalue weighted by atomic mass is 10.1. The van der Waals surface area contributed by atoms with Gasteiger partial charge in [0.15, 0.2) is 0 Å². The number of carbonyl (C=O) groups is 1. The van der Waals surface area contributed by atoms with Gasteiger partial charge in [-0.05, 0) is 24.3 Å². The number of fused-ring (bicyclic) bond motifs is 1. The number of hydrogen-bond donors (Lipinski definition) is 1. The topological polar surface area (TPSA) is 101 Å². The monoisotopic (exact) mass is 393 g/mol. The summed E-state index contributed by atoms with van der Waals surface area (Å²) in [7, 11) is 1.85. The zero-order chi connectivity index (χ0) is 21.1. The molecule has 0 radical (unpaired) electrons. The van der Waals surface area contributed by atoms with Gasteiger partial charge in [-0.1, -0.05) is 18.4 Å². The third kappa shape index (κ3) is 3.66. The van der Waals surface area contributed by atoms with Crippen LogP contribution in [0.4, 0.5) is 5.82 Å². The second kappa shape index (κ2) is 7.74. The average Bonchev–Trinajstić information content (AvgIpc) is 3.38. The van der Waals surface area contributed by atoms with Crippen LogP contribution in [-0.4, -0.2) is 30.3 Å². The molecule has 144 valence electrons. The van der Waals surface area contributed by atoms with Crippen molar-refractivity contribution in [2.24, 2.45) is 7.05 Å². The van der Waals surface area contributed by atoms with Crippen molar-refractivity contribution in [3.8, 4) is 29.0 Å². The van der Waals surface area contributed by atoms with Crippen LogP contribution in [0.5, 0.6) is 0 Å². The fourth-order valence-corrected chi connectivity index (χ4v) is 2.89. The van der Waals surface area contributed by atoms with Crippen molar-refractivity contribution in [3.05, 3.63) is 78.5 Å². The maximum Gasteiger partial charge on any atom is 0.248 e. The summed E-state index contributed by atoms with van der Waals surface area (Å²) in [6, 6.07) is 7.48. The van der Waals surface area contributed by atoms with Crippen molar-refractivity contribution in [3.63, 3.8) is 0 Å². The summed E-state index contributed by atoms with van der Waals surface area (Å²) in [6.07, 6.45) is 9.76. The third-order valence-corrected chi connectivity index (χ3v) is 4.31.